The molecule has 5 aromatic heterocycles. The Kier molecular flexibility index (Phi) is 3.07. The second-order valence-corrected chi connectivity index (χ2v) is 6.41. The van der Waals surface area contributed by atoms with Gasteiger partial charge in [-0.1, -0.05) is 11.3 Å². The zero-order valence-electron chi connectivity index (χ0n) is 13.2. The van der Waals surface area contributed by atoms with Gasteiger partial charge < -0.3 is 8.98 Å². The molecule has 0 radical (unpaired) electrons. The zero-order chi connectivity index (χ0) is 16.8. The summed E-state index contributed by atoms with van der Waals surface area (Å²) in [6.07, 6.45) is 7.33. The molecule has 0 fully saturated rings. The lowest BCUT2D eigenvalue weighted by molar-refractivity contribution is 0.567. The number of rotatable bonds is 4. The number of furan rings is 1. The number of nitrogens with one attached hydrogen (secondary N) is 1. The van der Waals surface area contributed by atoms with Gasteiger partial charge in [0.25, 0.3) is 0 Å². The summed E-state index contributed by atoms with van der Waals surface area (Å²) < 4.78 is 9.78. The van der Waals surface area contributed by atoms with Crippen molar-refractivity contribution in [3.63, 3.8) is 0 Å². The molecule has 0 saturated carbocycles. The summed E-state index contributed by atoms with van der Waals surface area (Å²) >= 11 is 1.51. The number of H-pyrrole nitrogens is 1. The van der Waals surface area contributed by atoms with Gasteiger partial charge in [0, 0.05) is 18.6 Å². The van der Waals surface area contributed by atoms with Crippen molar-refractivity contribution in [1.29, 1.82) is 0 Å². The van der Waals surface area contributed by atoms with Crippen LogP contribution < -0.4 is 0 Å². The van der Waals surface area contributed by atoms with Crippen LogP contribution in [0.2, 0.25) is 0 Å². The van der Waals surface area contributed by atoms with E-state index in [2.05, 4.69) is 32.2 Å². The molecule has 9 heteroatoms. The quantitative estimate of drug-likeness (QED) is 0.537. The molecule has 1 N–H and O–H groups in total. The fourth-order valence-corrected chi connectivity index (χ4v) is 3.42. The summed E-state index contributed by atoms with van der Waals surface area (Å²) in [5, 5.41) is 11.1. The van der Waals surface area contributed by atoms with Gasteiger partial charge in [-0.25, -0.2) is 14.5 Å². The van der Waals surface area contributed by atoms with Gasteiger partial charge in [-0.15, -0.1) is 0 Å². The highest BCUT2D eigenvalue weighted by atomic mass is 32.1. The minimum absolute atomic E-state index is 0.00658. The van der Waals surface area contributed by atoms with Crippen molar-refractivity contribution in [1.82, 2.24) is 34.3 Å². The molecule has 0 bridgehead atoms. The van der Waals surface area contributed by atoms with Crippen LogP contribution in [0.4, 0.5) is 0 Å². The van der Waals surface area contributed by atoms with E-state index in [-0.39, 0.29) is 6.04 Å². The van der Waals surface area contributed by atoms with Crippen LogP contribution in [0.25, 0.3) is 28.0 Å². The number of imidazole rings is 2. The van der Waals surface area contributed by atoms with Gasteiger partial charge in [-0.2, -0.15) is 10.2 Å². The normalized spacial score (nSPS) is 12.8. The number of hydrogen-bond donors (Lipinski definition) is 1. The third-order valence-corrected chi connectivity index (χ3v) is 4.80. The molecule has 0 aliphatic heterocycles. The third kappa shape index (κ3) is 2.28. The summed E-state index contributed by atoms with van der Waals surface area (Å²) in [5.74, 6) is 2.17. The second kappa shape index (κ2) is 5.42. The first kappa shape index (κ1) is 14.2. The minimum atomic E-state index is 0.00658. The Hall–Kier alpha value is -3.20. The van der Waals surface area contributed by atoms with E-state index in [0.29, 0.717) is 5.76 Å². The largest absolute Gasteiger partial charge is 0.451 e. The van der Waals surface area contributed by atoms with Gasteiger partial charge in [0.1, 0.15) is 11.2 Å². The predicted molar refractivity (Wildman–Crippen MR) is 92.2 cm³/mol. The van der Waals surface area contributed by atoms with Gasteiger partial charge in [0.15, 0.2) is 17.3 Å². The van der Waals surface area contributed by atoms with Crippen molar-refractivity contribution in [2.45, 2.75) is 13.0 Å². The van der Waals surface area contributed by atoms with E-state index >= 15 is 0 Å². The average molecular weight is 351 g/mol. The van der Waals surface area contributed by atoms with Crippen LogP contribution in [0.1, 0.15) is 18.7 Å². The van der Waals surface area contributed by atoms with Gasteiger partial charge >= 0.3 is 0 Å². The smallest absolute Gasteiger partial charge is 0.212 e. The molecule has 5 rings (SSSR count). The fourth-order valence-electron chi connectivity index (χ4n) is 2.81. The lowest BCUT2D eigenvalue weighted by Gasteiger charge is -2.13. The molecule has 25 heavy (non-hydrogen) atoms. The summed E-state index contributed by atoms with van der Waals surface area (Å²) in [5.41, 5.74) is 3.54. The molecule has 0 spiro atoms. The second-order valence-electron chi connectivity index (χ2n) is 5.60. The van der Waals surface area contributed by atoms with Crippen molar-refractivity contribution >= 4 is 16.3 Å². The maximum atomic E-state index is 5.95. The number of fused-ring (bicyclic) bond motifs is 1. The van der Waals surface area contributed by atoms with Crippen molar-refractivity contribution in [3.05, 3.63) is 54.2 Å². The Morgan fingerprint density at radius 2 is 2.12 bits per heavy atom. The molecule has 5 heterocycles. The van der Waals surface area contributed by atoms with Crippen LogP contribution in [-0.2, 0) is 0 Å². The molecule has 0 saturated heterocycles. The van der Waals surface area contributed by atoms with Crippen molar-refractivity contribution in [2.75, 3.05) is 0 Å². The number of hydrogen-bond acceptors (Lipinski definition) is 6. The summed E-state index contributed by atoms with van der Waals surface area (Å²) in [7, 11) is 0. The molecule has 5 aromatic rings. The van der Waals surface area contributed by atoms with Crippen LogP contribution in [0, 0.1) is 0 Å². The van der Waals surface area contributed by atoms with E-state index in [1.807, 2.05) is 35.2 Å². The minimum Gasteiger partial charge on any atom is -0.451 e. The molecule has 8 nitrogen and oxygen atoms in total. The topological polar surface area (TPSA) is 89.8 Å². The first-order chi connectivity index (χ1) is 12.3. The van der Waals surface area contributed by atoms with Gasteiger partial charge in [0.05, 0.1) is 17.9 Å². The van der Waals surface area contributed by atoms with Crippen LogP contribution in [0.15, 0.2) is 52.9 Å². The van der Waals surface area contributed by atoms with Gasteiger partial charge in [0.2, 0.25) is 4.96 Å². The number of aromatic amines is 1. The Labute approximate surface area is 145 Å². The van der Waals surface area contributed by atoms with Crippen LogP contribution >= 0.6 is 11.3 Å². The average Bonchev–Trinajstić information content (AvgIpc) is 3.43. The Morgan fingerprint density at radius 1 is 1.20 bits per heavy atom. The SMILES string of the molecule is C[C@@H](c1cn2ncsc2n1)n1ccnc1-c1ccc(-c2ccn[nH]2)o1. The summed E-state index contributed by atoms with van der Waals surface area (Å²) in [4.78, 5) is 9.98. The van der Waals surface area contributed by atoms with Gasteiger partial charge in [-0.3, -0.25) is 5.10 Å². The van der Waals surface area contributed by atoms with E-state index < -0.39 is 0 Å². The third-order valence-electron chi connectivity index (χ3n) is 4.11. The molecule has 0 amide bonds. The molecule has 0 aliphatic rings. The monoisotopic (exact) mass is 351 g/mol. The van der Waals surface area contributed by atoms with Crippen molar-refractivity contribution in [2.24, 2.45) is 0 Å². The zero-order valence-corrected chi connectivity index (χ0v) is 14.0. The van der Waals surface area contributed by atoms with E-state index in [1.54, 1.807) is 22.4 Å². The first-order valence-electron chi connectivity index (χ1n) is 7.71. The molecule has 0 aliphatic carbocycles. The van der Waals surface area contributed by atoms with E-state index in [1.165, 1.54) is 11.3 Å². The Balaban J connectivity index is 1.52. The van der Waals surface area contributed by atoms with E-state index in [0.717, 1.165) is 27.9 Å². The van der Waals surface area contributed by atoms with Crippen molar-refractivity contribution in [3.8, 4) is 23.0 Å². The maximum absolute atomic E-state index is 5.95. The van der Waals surface area contributed by atoms with E-state index in [4.69, 9.17) is 4.42 Å². The van der Waals surface area contributed by atoms with Crippen LogP contribution in [0.5, 0.6) is 0 Å². The number of nitrogens with zero attached hydrogens (tertiary/aromatic N) is 6. The number of aromatic nitrogens is 7. The van der Waals surface area contributed by atoms with Crippen LogP contribution in [-0.4, -0.2) is 34.3 Å². The highest BCUT2D eigenvalue weighted by molar-refractivity contribution is 7.14. The molecule has 0 aromatic carbocycles. The fraction of sp³-hybridized carbons (Fsp3) is 0.125. The molecular formula is C16H13N7OS. The Morgan fingerprint density at radius 3 is 2.96 bits per heavy atom. The molecule has 124 valence electrons. The van der Waals surface area contributed by atoms with Crippen LogP contribution in [0.3, 0.4) is 0 Å². The maximum Gasteiger partial charge on any atom is 0.212 e. The summed E-state index contributed by atoms with van der Waals surface area (Å²) in [6, 6.07) is 5.69. The summed E-state index contributed by atoms with van der Waals surface area (Å²) in [6.45, 7) is 2.08. The molecule has 1 atom stereocenters. The highest BCUT2D eigenvalue weighted by Gasteiger charge is 2.19. The predicted octanol–water partition coefficient (Wildman–Crippen LogP) is 3.25. The lowest BCUT2D eigenvalue weighted by atomic mass is 10.2. The molecule has 0 unspecified atom stereocenters. The standard InChI is InChI=1S/C16H13N7OS/c1-10(12-8-23-16(20-12)25-9-19-23)22-7-6-17-15(22)14-3-2-13(24-14)11-4-5-18-21-11/h2-10H,1H3,(H,18,21)/t10-/m0/s1. The van der Waals surface area contributed by atoms with Gasteiger partial charge in [-0.05, 0) is 25.1 Å². The van der Waals surface area contributed by atoms with Crippen molar-refractivity contribution < 1.29 is 4.42 Å². The molecular weight excluding hydrogens is 338 g/mol. The lowest BCUT2D eigenvalue weighted by Crippen LogP contribution is -2.07. The first-order valence-corrected chi connectivity index (χ1v) is 8.59. The van der Waals surface area contributed by atoms with E-state index in [9.17, 15) is 0 Å². The highest BCUT2D eigenvalue weighted by Crippen LogP contribution is 2.29. The Bertz CT molecular complexity index is 1100.